The van der Waals surface area contributed by atoms with Gasteiger partial charge in [-0.1, -0.05) is 6.07 Å². The van der Waals surface area contributed by atoms with Gasteiger partial charge in [-0.3, -0.25) is 20.2 Å². The molecule has 1 rings (SSSR count). The number of rotatable bonds is 2. The maximum absolute atomic E-state index is 10.5. The van der Waals surface area contributed by atoms with E-state index >= 15 is 0 Å². The predicted octanol–water partition coefficient (Wildman–Crippen LogP) is 1.99. The average molecular weight is 284 g/mol. The van der Waals surface area contributed by atoms with Crippen molar-refractivity contribution in [3.63, 3.8) is 0 Å². The minimum atomic E-state index is -0.612. The topological polar surface area (TPSA) is 86.3 Å². The third kappa shape index (κ3) is 2.97. The summed E-state index contributed by atoms with van der Waals surface area (Å²) in [4.78, 5) is 19.7. The molecular formula is C8H7N2O4Y+2. The summed E-state index contributed by atoms with van der Waals surface area (Å²) in [6.07, 6.45) is 0. The van der Waals surface area contributed by atoms with E-state index in [0.29, 0.717) is 0 Å². The maximum atomic E-state index is 10.5. The minimum Gasteiger partial charge on any atom is -0.270 e. The van der Waals surface area contributed by atoms with Crippen molar-refractivity contribution in [2.45, 2.75) is 6.92 Å². The standard InChI is InChI=1S/C8H7N2O4.Y/c1-5-3-8(10(13)14)6(2)4-7(5)9(11)12;/h3-4H,1H2,2H3;/q-1;+3. The maximum Gasteiger partial charge on any atom is 3.00 e. The molecule has 0 aliphatic heterocycles. The normalized spacial score (nSPS) is 9.13. The molecule has 0 aliphatic carbocycles. The molecule has 7 heteroatoms. The van der Waals surface area contributed by atoms with Crippen LogP contribution in [-0.2, 0) is 32.7 Å². The van der Waals surface area contributed by atoms with Gasteiger partial charge in [0.15, 0.2) is 5.69 Å². The van der Waals surface area contributed by atoms with Crippen LogP contribution in [0.2, 0.25) is 0 Å². The minimum absolute atomic E-state index is 0. The molecule has 0 N–H and O–H groups in total. The molecule has 0 fully saturated rings. The summed E-state index contributed by atoms with van der Waals surface area (Å²) in [6, 6.07) is 2.26. The van der Waals surface area contributed by atoms with Crippen LogP contribution in [0, 0.1) is 34.1 Å². The van der Waals surface area contributed by atoms with Gasteiger partial charge < -0.3 is 0 Å². The van der Waals surface area contributed by atoms with Gasteiger partial charge in [0.1, 0.15) is 0 Å². The zero-order chi connectivity index (χ0) is 10.9. The molecule has 0 atom stereocenters. The average Bonchev–Trinajstić information content (AvgIpc) is 2.07. The molecule has 0 unspecified atom stereocenters. The first kappa shape index (κ1) is 14.0. The van der Waals surface area contributed by atoms with Crippen LogP contribution in [0.25, 0.3) is 0 Å². The largest absolute Gasteiger partial charge is 3.00 e. The van der Waals surface area contributed by atoms with Crippen LogP contribution < -0.4 is 0 Å². The van der Waals surface area contributed by atoms with Gasteiger partial charge in [0.05, 0.1) is 0 Å². The summed E-state index contributed by atoms with van der Waals surface area (Å²) in [5, 5.41) is 20.9. The molecule has 0 aromatic heterocycles. The Morgan fingerprint density at radius 2 is 1.60 bits per heavy atom. The van der Waals surface area contributed by atoms with Crippen LogP contribution in [0.4, 0.5) is 11.4 Å². The first-order chi connectivity index (χ1) is 6.43. The Kier molecular flexibility index (Phi) is 4.83. The number of nitrogens with zero attached hydrogens (tertiary/aromatic N) is 2. The van der Waals surface area contributed by atoms with Gasteiger partial charge in [-0.2, -0.15) is 6.92 Å². The van der Waals surface area contributed by atoms with E-state index in [4.69, 9.17) is 0 Å². The molecule has 0 saturated heterocycles. The second-order valence-electron chi connectivity index (χ2n) is 2.78. The molecule has 15 heavy (non-hydrogen) atoms. The van der Waals surface area contributed by atoms with Crippen molar-refractivity contribution in [3.8, 4) is 0 Å². The summed E-state index contributed by atoms with van der Waals surface area (Å²) in [5.74, 6) is 0. The van der Waals surface area contributed by atoms with Crippen molar-refractivity contribution in [1.29, 1.82) is 0 Å². The van der Waals surface area contributed by atoms with E-state index in [1.807, 2.05) is 0 Å². The predicted molar refractivity (Wildman–Crippen MR) is 48.9 cm³/mol. The van der Waals surface area contributed by atoms with Gasteiger partial charge in [-0.15, -0.1) is 5.56 Å². The molecule has 1 aromatic rings. The SMILES string of the molecule is [CH2-]c1cc([N+](=O)[O-])c(C)cc1[N+](=O)[O-].[Y+3]. The Bertz CT molecular complexity index is 380. The molecule has 1 aromatic carbocycles. The van der Waals surface area contributed by atoms with E-state index in [2.05, 4.69) is 6.92 Å². The fourth-order valence-corrected chi connectivity index (χ4v) is 1.09. The molecular weight excluding hydrogens is 277 g/mol. The van der Waals surface area contributed by atoms with Crippen LogP contribution >= 0.6 is 0 Å². The fourth-order valence-electron chi connectivity index (χ4n) is 1.09. The van der Waals surface area contributed by atoms with Crippen molar-refractivity contribution in [2.24, 2.45) is 0 Å². The number of nitro benzene ring substituents is 2. The first-order valence-electron chi connectivity index (χ1n) is 3.69. The summed E-state index contributed by atoms with van der Waals surface area (Å²) < 4.78 is 0. The summed E-state index contributed by atoms with van der Waals surface area (Å²) in [7, 11) is 0. The smallest absolute Gasteiger partial charge is 0.270 e. The quantitative estimate of drug-likeness (QED) is 0.472. The first-order valence-corrected chi connectivity index (χ1v) is 3.69. The van der Waals surface area contributed by atoms with E-state index in [1.54, 1.807) is 0 Å². The number of benzene rings is 1. The van der Waals surface area contributed by atoms with Gasteiger partial charge in [0, 0.05) is 15.4 Å². The van der Waals surface area contributed by atoms with Gasteiger partial charge in [-0.05, 0) is 13.0 Å². The summed E-state index contributed by atoms with van der Waals surface area (Å²) in [5.41, 5.74) is -0.0462. The van der Waals surface area contributed by atoms with Crippen molar-refractivity contribution in [3.05, 3.63) is 50.4 Å². The van der Waals surface area contributed by atoms with Gasteiger partial charge in [0.25, 0.3) is 0 Å². The molecule has 0 bridgehead atoms. The van der Waals surface area contributed by atoms with E-state index in [0.717, 1.165) is 12.1 Å². The fraction of sp³-hybridized carbons (Fsp3) is 0.125. The van der Waals surface area contributed by atoms with E-state index in [1.165, 1.54) is 6.92 Å². The second-order valence-corrected chi connectivity index (χ2v) is 2.78. The van der Waals surface area contributed by atoms with Crippen LogP contribution in [0.1, 0.15) is 11.1 Å². The molecule has 0 spiro atoms. The van der Waals surface area contributed by atoms with Crippen LogP contribution in [0.5, 0.6) is 0 Å². The number of aryl methyl sites for hydroxylation is 1. The molecule has 0 heterocycles. The molecule has 74 valence electrons. The molecule has 0 aliphatic rings. The Morgan fingerprint density at radius 3 is 2.00 bits per heavy atom. The third-order valence-electron chi connectivity index (χ3n) is 1.79. The van der Waals surface area contributed by atoms with E-state index in [9.17, 15) is 20.2 Å². The zero-order valence-corrected chi connectivity index (χ0v) is 10.8. The van der Waals surface area contributed by atoms with E-state index < -0.39 is 9.85 Å². The Labute approximate surface area is 111 Å². The second kappa shape index (κ2) is 5.18. The molecule has 0 saturated carbocycles. The van der Waals surface area contributed by atoms with Crippen molar-refractivity contribution < 1.29 is 42.6 Å². The van der Waals surface area contributed by atoms with Crippen LogP contribution in [-0.4, -0.2) is 9.85 Å². The third-order valence-corrected chi connectivity index (χ3v) is 1.79. The number of hydrogen-bond donors (Lipinski definition) is 0. The van der Waals surface area contributed by atoms with Gasteiger partial charge in [0.2, 0.25) is 5.69 Å². The monoisotopic (exact) mass is 284 g/mol. The summed E-state index contributed by atoms with van der Waals surface area (Å²) >= 11 is 0. The van der Waals surface area contributed by atoms with Gasteiger partial charge >= 0.3 is 32.7 Å². The number of nitro groups is 2. The zero-order valence-electron chi connectivity index (χ0n) is 7.97. The molecule has 0 radical (unpaired) electrons. The van der Waals surface area contributed by atoms with Crippen molar-refractivity contribution >= 4 is 11.4 Å². The summed E-state index contributed by atoms with van der Waals surface area (Å²) in [6.45, 7) is 4.83. The molecule has 0 amide bonds. The van der Waals surface area contributed by atoms with Gasteiger partial charge in [-0.25, -0.2) is 0 Å². The van der Waals surface area contributed by atoms with Crippen LogP contribution in [0.3, 0.4) is 0 Å². The van der Waals surface area contributed by atoms with Crippen molar-refractivity contribution in [1.82, 2.24) is 0 Å². The Morgan fingerprint density at radius 1 is 1.13 bits per heavy atom. The van der Waals surface area contributed by atoms with E-state index in [-0.39, 0.29) is 55.2 Å². The molecule has 6 nitrogen and oxygen atoms in total. The van der Waals surface area contributed by atoms with Crippen molar-refractivity contribution in [2.75, 3.05) is 0 Å². The van der Waals surface area contributed by atoms with Crippen LogP contribution in [0.15, 0.2) is 12.1 Å². The number of hydrogen-bond acceptors (Lipinski definition) is 4. The Hall–Kier alpha value is -1.01. The Balaban J connectivity index is 0.00000196.